The molecule has 0 bridgehead atoms. The Balaban J connectivity index is 1.79. The number of methoxy groups -OCH3 is 1. The second kappa shape index (κ2) is 5.83. The summed E-state index contributed by atoms with van der Waals surface area (Å²) in [5.41, 5.74) is 1.59. The maximum absolute atomic E-state index is 12.3. The van der Waals surface area contributed by atoms with Crippen molar-refractivity contribution in [1.29, 1.82) is 0 Å². The smallest absolute Gasteiger partial charge is 0.261 e. The highest BCUT2D eigenvalue weighted by atomic mass is 32.1. The highest BCUT2D eigenvalue weighted by Gasteiger charge is 2.20. The minimum atomic E-state index is -0.188. The van der Waals surface area contributed by atoms with Crippen LogP contribution in [0.3, 0.4) is 0 Å². The molecule has 0 saturated heterocycles. The number of hydrogen-bond donors (Lipinski definition) is 1. The Morgan fingerprint density at radius 3 is 3.05 bits per heavy atom. The molecule has 2 aromatic rings. The molecule has 1 N–H and O–H groups in total. The number of thiazole rings is 1. The highest BCUT2D eigenvalue weighted by Crippen LogP contribution is 2.28. The Morgan fingerprint density at radius 1 is 1.43 bits per heavy atom. The van der Waals surface area contributed by atoms with Crippen molar-refractivity contribution < 1.29 is 9.53 Å². The number of carbonyl (C=O) groups excluding carboxylic acids is 1. The molecule has 1 amide bonds. The zero-order valence-corrected chi connectivity index (χ0v) is 12.9. The number of para-hydroxylation sites is 1. The Hall–Kier alpha value is -1.92. The summed E-state index contributed by atoms with van der Waals surface area (Å²) in [6.07, 6.45) is 0.994. The van der Waals surface area contributed by atoms with Crippen molar-refractivity contribution >= 4 is 22.4 Å². The number of rotatable bonds is 3. The lowest BCUT2D eigenvalue weighted by Crippen LogP contribution is -2.25. The predicted octanol–water partition coefficient (Wildman–Crippen LogP) is 2.39. The van der Waals surface area contributed by atoms with Gasteiger partial charge in [0, 0.05) is 18.0 Å². The lowest BCUT2D eigenvalue weighted by atomic mass is 10.2. The van der Waals surface area contributed by atoms with Gasteiger partial charge >= 0.3 is 0 Å². The van der Waals surface area contributed by atoms with E-state index in [1.54, 1.807) is 30.6 Å². The number of hydrogen-bond acceptors (Lipinski definition) is 5. The van der Waals surface area contributed by atoms with Gasteiger partial charge in [-0.3, -0.25) is 10.1 Å². The minimum Gasteiger partial charge on any atom is -0.496 e. The number of likely N-dealkylation sites (N-methyl/N-ethyl adjacent to an activating group) is 1. The molecule has 1 aliphatic rings. The third-order valence-corrected chi connectivity index (χ3v) is 4.56. The summed E-state index contributed by atoms with van der Waals surface area (Å²) in [5, 5.41) is 3.53. The van der Waals surface area contributed by atoms with Crippen LogP contribution in [0.25, 0.3) is 0 Å². The van der Waals surface area contributed by atoms with Gasteiger partial charge in [0.1, 0.15) is 5.75 Å². The second-order valence-electron chi connectivity index (χ2n) is 5.03. The van der Waals surface area contributed by atoms with E-state index in [1.807, 2.05) is 12.1 Å². The van der Waals surface area contributed by atoms with Crippen molar-refractivity contribution in [1.82, 2.24) is 9.88 Å². The molecule has 0 unspecified atom stereocenters. The second-order valence-corrected chi connectivity index (χ2v) is 6.11. The van der Waals surface area contributed by atoms with Gasteiger partial charge in [-0.25, -0.2) is 4.98 Å². The van der Waals surface area contributed by atoms with Crippen LogP contribution in [0, 0.1) is 0 Å². The van der Waals surface area contributed by atoms with Gasteiger partial charge in [-0.1, -0.05) is 12.1 Å². The molecule has 21 heavy (non-hydrogen) atoms. The molecule has 6 heteroatoms. The number of benzene rings is 1. The topological polar surface area (TPSA) is 54.5 Å². The Bertz CT molecular complexity index is 669. The van der Waals surface area contributed by atoms with E-state index in [9.17, 15) is 4.79 Å². The molecule has 1 aromatic carbocycles. The highest BCUT2D eigenvalue weighted by molar-refractivity contribution is 7.15. The third kappa shape index (κ3) is 2.91. The fourth-order valence-electron chi connectivity index (χ4n) is 2.38. The van der Waals surface area contributed by atoms with Gasteiger partial charge in [0.05, 0.1) is 18.4 Å². The SMILES string of the molecule is COc1ccccc1C(=O)Nc1nc2c(s1)CCN(C)C2. The molecule has 0 atom stereocenters. The number of nitrogens with zero attached hydrogens (tertiary/aromatic N) is 2. The summed E-state index contributed by atoms with van der Waals surface area (Å²) in [5.74, 6) is 0.378. The summed E-state index contributed by atoms with van der Waals surface area (Å²) in [6, 6.07) is 7.18. The van der Waals surface area contributed by atoms with Gasteiger partial charge < -0.3 is 9.64 Å². The molecule has 0 spiro atoms. The number of anilines is 1. The number of aromatic nitrogens is 1. The van der Waals surface area contributed by atoms with Crippen LogP contribution in [-0.2, 0) is 13.0 Å². The van der Waals surface area contributed by atoms with Gasteiger partial charge in [-0.05, 0) is 25.6 Å². The van der Waals surface area contributed by atoms with Crippen LogP contribution < -0.4 is 10.1 Å². The summed E-state index contributed by atoms with van der Waals surface area (Å²) < 4.78 is 5.22. The van der Waals surface area contributed by atoms with E-state index in [2.05, 4.69) is 22.2 Å². The average Bonchev–Trinajstić information content (AvgIpc) is 2.88. The van der Waals surface area contributed by atoms with Crippen LogP contribution >= 0.6 is 11.3 Å². The molecule has 110 valence electrons. The number of nitrogens with one attached hydrogen (secondary N) is 1. The van der Waals surface area contributed by atoms with Crippen molar-refractivity contribution in [2.24, 2.45) is 0 Å². The molecule has 0 radical (unpaired) electrons. The van der Waals surface area contributed by atoms with Gasteiger partial charge in [0.2, 0.25) is 0 Å². The molecule has 1 aromatic heterocycles. The standard InChI is InChI=1S/C15H17N3O2S/c1-18-8-7-13-11(9-18)16-15(21-13)17-14(19)10-5-3-4-6-12(10)20-2/h3-6H,7-9H2,1-2H3,(H,16,17,19). The normalized spacial score (nSPS) is 14.6. The van der Waals surface area contributed by atoms with E-state index in [0.29, 0.717) is 16.4 Å². The Kier molecular flexibility index (Phi) is 3.90. The summed E-state index contributed by atoms with van der Waals surface area (Å²) in [4.78, 5) is 20.4. The fourth-order valence-corrected chi connectivity index (χ4v) is 3.33. The number of carbonyl (C=O) groups is 1. The molecular formula is C15H17N3O2S. The van der Waals surface area contributed by atoms with E-state index >= 15 is 0 Å². The maximum atomic E-state index is 12.3. The lowest BCUT2D eigenvalue weighted by Gasteiger charge is -2.20. The fraction of sp³-hybridized carbons (Fsp3) is 0.333. The molecule has 0 saturated carbocycles. The maximum Gasteiger partial charge on any atom is 0.261 e. The zero-order chi connectivity index (χ0) is 14.8. The molecule has 3 rings (SSSR count). The predicted molar refractivity (Wildman–Crippen MR) is 83.1 cm³/mol. The summed E-state index contributed by atoms with van der Waals surface area (Å²) in [6.45, 7) is 1.88. The number of ether oxygens (including phenoxy) is 1. The number of amides is 1. The summed E-state index contributed by atoms with van der Waals surface area (Å²) >= 11 is 1.56. The Labute approximate surface area is 127 Å². The van der Waals surface area contributed by atoms with E-state index in [-0.39, 0.29) is 5.91 Å². The first kappa shape index (κ1) is 14.0. The van der Waals surface area contributed by atoms with Crippen LogP contribution in [0.2, 0.25) is 0 Å². The quantitative estimate of drug-likeness (QED) is 0.946. The molecular weight excluding hydrogens is 286 g/mol. The first-order valence-corrected chi connectivity index (χ1v) is 7.60. The lowest BCUT2D eigenvalue weighted by molar-refractivity contribution is 0.102. The third-order valence-electron chi connectivity index (χ3n) is 3.49. The van der Waals surface area contributed by atoms with Crippen LogP contribution in [0.4, 0.5) is 5.13 Å². The van der Waals surface area contributed by atoms with Gasteiger partial charge in [0.15, 0.2) is 5.13 Å². The van der Waals surface area contributed by atoms with Gasteiger partial charge in [-0.15, -0.1) is 11.3 Å². The first-order valence-electron chi connectivity index (χ1n) is 6.79. The van der Waals surface area contributed by atoms with Crippen molar-refractivity contribution in [2.45, 2.75) is 13.0 Å². The van der Waals surface area contributed by atoms with Crippen LogP contribution in [0.1, 0.15) is 20.9 Å². The molecule has 1 aliphatic heterocycles. The van der Waals surface area contributed by atoms with Crippen LogP contribution in [0.15, 0.2) is 24.3 Å². The average molecular weight is 303 g/mol. The van der Waals surface area contributed by atoms with Crippen molar-refractivity contribution in [2.75, 3.05) is 26.0 Å². The van der Waals surface area contributed by atoms with Crippen molar-refractivity contribution in [3.05, 3.63) is 40.4 Å². The largest absolute Gasteiger partial charge is 0.496 e. The Morgan fingerprint density at radius 2 is 2.24 bits per heavy atom. The number of fused-ring (bicyclic) bond motifs is 1. The minimum absolute atomic E-state index is 0.188. The van der Waals surface area contributed by atoms with E-state index < -0.39 is 0 Å². The first-order chi connectivity index (χ1) is 10.2. The molecule has 5 nitrogen and oxygen atoms in total. The van der Waals surface area contributed by atoms with E-state index in [4.69, 9.17) is 4.74 Å². The monoisotopic (exact) mass is 303 g/mol. The summed E-state index contributed by atoms with van der Waals surface area (Å²) in [7, 11) is 3.64. The van der Waals surface area contributed by atoms with Crippen LogP contribution in [-0.4, -0.2) is 36.5 Å². The van der Waals surface area contributed by atoms with Gasteiger partial charge in [-0.2, -0.15) is 0 Å². The van der Waals surface area contributed by atoms with E-state index in [0.717, 1.165) is 25.2 Å². The van der Waals surface area contributed by atoms with Crippen LogP contribution in [0.5, 0.6) is 5.75 Å². The molecule has 2 heterocycles. The van der Waals surface area contributed by atoms with Crippen molar-refractivity contribution in [3.8, 4) is 5.75 Å². The van der Waals surface area contributed by atoms with Gasteiger partial charge in [0.25, 0.3) is 5.91 Å². The molecule has 0 fully saturated rings. The van der Waals surface area contributed by atoms with E-state index in [1.165, 1.54) is 4.88 Å². The zero-order valence-electron chi connectivity index (χ0n) is 12.0. The van der Waals surface area contributed by atoms with Crippen molar-refractivity contribution in [3.63, 3.8) is 0 Å². The molecule has 0 aliphatic carbocycles.